The molecular weight excluding hydrogens is 492 g/mol. The largest absolute Gasteiger partial charge is 0.389 e. The van der Waals surface area contributed by atoms with Gasteiger partial charge in [-0.15, -0.1) is 0 Å². The average Bonchev–Trinajstić information content (AvgIpc) is 3.17. The minimum Gasteiger partial charge on any atom is -0.389 e. The summed E-state index contributed by atoms with van der Waals surface area (Å²) in [6.07, 6.45) is -0.966. The first-order valence-electron chi connectivity index (χ1n) is 11.8. The van der Waals surface area contributed by atoms with E-state index in [0.29, 0.717) is 10.7 Å². The van der Waals surface area contributed by atoms with Gasteiger partial charge in [-0.3, -0.25) is 4.31 Å². The van der Waals surface area contributed by atoms with Crippen LogP contribution in [-0.4, -0.2) is 30.7 Å². The fourth-order valence-electron chi connectivity index (χ4n) is 4.80. The number of nitrogens with zero attached hydrogens (tertiary/aromatic N) is 2. The molecule has 0 aliphatic heterocycles. The third-order valence-electron chi connectivity index (χ3n) is 6.47. The van der Waals surface area contributed by atoms with Gasteiger partial charge >= 0.3 is 0 Å². The van der Waals surface area contributed by atoms with Crippen molar-refractivity contribution in [2.45, 2.75) is 31.4 Å². The standard InChI is InChI=1S/C29H27ClN2O3S/c1-20-11-16-27(21(2)17-20)32(36(34,35)24-14-12-22(30)13-15-24)19-23(33)18-31-28-9-5-3-7-25(28)26-8-4-6-10-29(26)31/h3-17,23,33H,18-19H2,1-2H3/t23-/m1/s1. The first kappa shape index (κ1) is 24.4. The second-order valence-corrected chi connectivity index (χ2v) is 11.4. The molecule has 0 fully saturated rings. The van der Waals surface area contributed by atoms with E-state index in [9.17, 15) is 13.5 Å². The van der Waals surface area contributed by atoms with E-state index in [1.165, 1.54) is 16.4 Å². The fourth-order valence-corrected chi connectivity index (χ4v) is 6.50. The Morgan fingerprint density at radius 1 is 0.861 bits per heavy atom. The van der Waals surface area contributed by atoms with Gasteiger partial charge in [-0.25, -0.2) is 8.42 Å². The summed E-state index contributed by atoms with van der Waals surface area (Å²) in [7, 11) is -3.96. The molecule has 5 aromatic rings. The quantitative estimate of drug-likeness (QED) is 0.274. The molecule has 1 N–H and O–H groups in total. The highest BCUT2D eigenvalue weighted by molar-refractivity contribution is 7.92. The van der Waals surface area contributed by atoms with Crippen molar-refractivity contribution in [1.82, 2.24) is 4.57 Å². The van der Waals surface area contributed by atoms with Gasteiger partial charge in [-0.2, -0.15) is 0 Å². The summed E-state index contributed by atoms with van der Waals surface area (Å²) in [5.41, 5.74) is 4.38. The van der Waals surface area contributed by atoms with Crippen molar-refractivity contribution in [2.24, 2.45) is 0 Å². The SMILES string of the molecule is Cc1ccc(N(C[C@H](O)Cn2c3ccccc3c3ccccc32)S(=O)(=O)c2ccc(Cl)cc2)c(C)c1. The number of hydrogen-bond acceptors (Lipinski definition) is 3. The van der Waals surface area contributed by atoms with Gasteiger partial charge in [-0.05, 0) is 61.9 Å². The Bertz CT molecular complexity index is 1610. The minimum absolute atomic E-state index is 0.101. The zero-order valence-electron chi connectivity index (χ0n) is 20.1. The van der Waals surface area contributed by atoms with Gasteiger partial charge in [0.1, 0.15) is 0 Å². The van der Waals surface area contributed by atoms with E-state index in [4.69, 9.17) is 11.6 Å². The molecule has 0 aliphatic rings. The molecule has 0 saturated heterocycles. The molecular formula is C29H27ClN2O3S. The predicted octanol–water partition coefficient (Wildman–Crippen LogP) is 6.32. The molecule has 1 atom stereocenters. The van der Waals surface area contributed by atoms with E-state index >= 15 is 0 Å². The van der Waals surface area contributed by atoms with E-state index in [1.807, 2.05) is 62.4 Å². The van der Waals surface area contributed by atoms with Crippen LogP contribution in [-0.2, 0) is 16.6 Å². The summed E-state index contributed by atoms with van der Waals surface area (Å²) in [5, 5.41) is 14.0. The average molecular weight is 519 g/mol. The second-order valence-electron chi connectivity index (χ2n) is 9.08. The molecule has 0 saturated carbocycles. The molecule has 5 rings (SSSR count). The van der Waals surface area contributed by atoms with Crippen molar-refractivity contribution in [3.05, 3.63) is 107 Å². The van der Waals surface area contributed by atoms with E-state index in [-0.39, 0.29) is 18.0 Å². The summed E-state index contributed by atoms with van der Waals surface area (Å²) in [4.78, 5) is 0.121. The van der Waals surface area contributed by atoms with Gasteiger partial charge < -0.3 is 9.67 Å². The van der Waals surface area contributed by atoms with Crippen molar-refractivity contribution in [3.8, 4) is 0 Å². The van der Waals surface area contributed by atoms with Gasteiger partial charge in [0.15, 0.2) is 0 Å². The third kappa shape index (κ3) is 4.48. The lowest BCUT2D eigenvalue weighted by Gasteiger charge is -2.29. The van der Waals surface area contributed by atoms with Crippen LogP contribution in [0.3, 0.4) is 0 Å². The molecule has 36 heavy (non-hydrogen) atoms. The van der Waals surface area contributed by atoms with Crippen LogP contribution in [0.1, 0.15) is 11.1 Å². The van der Waals surface area contributed by atoms with Gasteiger partial charge in [-0.1, -0.05) is 65.7 Å². The fraction of sp³-hybridized carbons (Fsp3) is 0.172. The van der Waals surface area contributed by atoms with Crippen LogP contribution in [0.2, 0.25) is 5.02 Å². The molecule has 0 aliphatic carbocycles. The smallest absolute Gasteiger partial charge is 0.264 e. The lowest BCUT2D eigenvalue weighted by molar-refractivity contribution is 0.166. The van der Waals surface area contributed by atoms with Crippen LogP contribution in [0, 0.1) is 13.8 Å². The number of fused-ring (bicyclic) bond motifs is 3. The summed E-state index contributed by atoms with van der Waals surface area (Å²) < 4.78 is 31.0. The Kier molecular flexibility index (Phi) is 6.51. The van der Waals surface area contributed by atoms with Crippen molar-refractivity contribution in [3.63, 3.8) is 0 Å². The highest BCUT2D eigenvalue weighted by Gasteiger charge is 2.29. The Morgan fingerprint density at radius 2 is 1.44 bits per heavy atom. The highest BCUT2D eigenvalue weighted by atomic mass is 35.5. The zero-order valence-corrected chi connectivity index (χ0v) is 21.7. The highest BCUT2D eigenvalue weighted by Crippen LogP contribution is 2.31. The van der Waals surface area contributed by atoms with Crippen molar-refractivity contribution >= 4 is 49.1 Å². The molecule has 0 radical (unpaired) electrons. The Morgan fingerprint density at radius 3 is 2.03 bits per heavy atom. The number of aliphatic hydroxyl groups excluding tert-OH is 1. The minimum atomic E-state index is -3.96. The Balaban J connectivity index is 1.55. The first-order valence-corrected chi connectivity index (χ1v) is 13.6. The van der Waals surface area contributed by atoms with Crippen LogP contribution in [0.4, 0.5) is 5.69 Å². The number of rotatable bonds is 7. The lowest BCUT2D eigenvalue weighted by atomic mass is 10.1. The normalized spacial score (nSPS) is 12.8. The summed E-state index contributed by atoms with van der Waals surface area (Å²) in [5.74, 6) is 0. The van der Waals surface area contributed by atoms with Crippen LogP contribution >= 0.6 is 11.6 Å². The molecule has 5 nitrogen and oxygen atoms in total. The molecule has 184 valence electrons. The predicted molar refractivity (Wildman–Crippen MR) is 147 cm³/mol. The Labute approximate surface area is 216 Å². The van der Waals surface area contributed by atoms with Gasteiger partial charge in [0, 0.05) is 26.8 Å². The molecule has 4 aromatic carbocycles. The number of aliphatic hydroxyl groups is 1. The molecule has 0 unspecified atom stereocenters. The third-order valence-corrected chi connectivity index (χ3v) is 8.52. The molecule has 7 heteroatoms. The number of aromatic nitrogens is 1. The van der Waals surface area contributed by atoms with Crippen LogP contribution < -0.4 is 4.31 Å². The number of aryl methyl sites for hydroxylation is 2. The zero-order chi connectivity index (χ0) is 25.4. The number of hydrogen-bond donors (Lipinski definition) is 1. The van der Waals surface area contributed by atoms with Crippen LogP contribution in [0.15, 0.2) is 95.9 Å². The number of sulfonamides is 1. The number of anilines is 1. The Hall–Kier alpha value is -3.32. The van der Waals surface area contributed by atoms with Crippen LogP contribution in [0.25, 0.3) is 21.8 Å². The molecule has 0 bridgehead atoms. The molecule has 1 aromatic heterocycles. The van der Waals surface area contributed by atoms with E-state index in [0.717, 1.165) is 32.9 Å². The van der Waals surface area contributed by atoms with Gasteiger partial charge in [0.2, 0.25) is 0 Å². The van der Waals surface area contributed by atoms with Crippen molar-refractivity contribution in [2.75, 3.05) is 10.8 Å². The van der Waals surface area contributed by atoms with Crippen molar-refractivity contribution < 1.29 is 13.5 Å². The summed E-state index contributed by atoms with van der Waals surface area (Å²) in [6, 6.07) is 27.8. The van der Waals surface area contributed by atoms with E-state index < -0.39 is 16.1 Å². The maximum atomic E-state index is 13.8. The molecule has 0 amide bonds. The summed E-state index contributed by atoms with van der Waals surface area (Å²) >= 11 is 6.01. The van der Waals surface area contributed by atoms with E-state index in [2.05, 4.69) is 16.7 Å². The number of halogens is 1. The van der Waals surface area contributed by atoms with Gasteiger partial charge in [0.05, 0.1) is 29.8 Å². The molecule has 1 heterocycles. The monoisotopic (exact) mass is 518 g/mol. The first-order chi connectivity index (χ1) is 17.3. The van der Waals surface area contributed by atoms with Crippen LogP contribution in [0.5, 0.6) is 0 Å². The van der Waals surface area contributed by atoms with Gasteiger partial charge in [0.25, 0.3) is 10.0 Å². The summed E-state index contributed by atoms with van der Waals surface area (Å²) in [6.45, 7) is 3.99. The number of benzene rings is 4. The number of para-hydroxylation sites is 2. The van der Waals surface area contributed by atoms with Crippen molar-refractivity contribution in [1.29, 1.82) is 0 Å². The maximum Gasteiger partial charge on any atom is 0.264 e. The topological polar surface area (TPSA) is 62.5 Å². The molecule has 0 spiro atoms. The second kappa shape index (κ2) is 9.62. The lowest BCUT2D eigenvalue weighted by Crippen LogP contribution is -2.39. The van der Waals surface area contributed by atoms with E-state index in [1.54, 1.807) is 18.2 Å². The maximum absolute atomic E-state index is 13.8.